The quantitative estimate of drug-likeness (QED) is 0.196. The largest absolute Gasteiger partial charge is 0.465 e. The van der Waals surface area contributed by atoms with E-state index in [2.05, 4.69) is 92.5 Å². The maximum atomic E-state index is 13.8. The average molecular weight is 650 g/mol. The lowest BCUT2D eigenvalue weighted by molar-refractivity contribution is -0.135. The van der Waals surface area contributed by atoms with Gasteiger partial charge in [-0.15, -0.1) is 0 Å². The van der Waals surface area contributed by atoms with Crippen LogP contribution in [0.2, 0.25) is 0 Å². The molecule has 48 heavy (non-hydrogen) atoms. The van der Waals surface area contributed by atoms with Crippen molar-refractivity contribution in [1.29, 1.82) is 0 Å². The molecule has 2 aromatic carbocycles. The predicted molar refractivity (Wildman–Crippen MR) is 184 cm³/mol. The van der Waals surface area contributed by atoms with Crippen LogP contribution in [-0.2, 0) is 4.79 Å². The number of carbonyl (C=O) groups excluding carboxylic acids is 1. The molecule has 4 N–H and O–H groups in total. The number of aliphatic imine (C=N–C) groups is 1. The number of H-pyrrole nitrogens is 2. The van der Waals surface area contributed by atoms with E-state index in [-0.39, 0.29) is 30.0 Å². The number of imidazole rings is 2. The summed E-state index contributed by atoms with van der Waals surface area (Å²) in [6.45, 7) is 7.01. The Morgan fingerprint density at radius 2 is 1.29 bits per heavy atom. The van der Waals surface area contributed by atoms with Crippen molar-refractivity contribution in [3.8, 4) is 33.6 Å². The second-order valence-corrected chi connectivity index (χ2v) is 13.3. The number of hydrogen-bond acceptors (Lipinski definition) is 7. The van der Waals surface area contributed by atoms with Gasteiger partial charge in [-0.05, 0) is 53.9 Å². The standard InChI is InChI=1S/C36H43N9O3/c1-22(2)31(42-35-37-16-19-43(35)3)34(46)44-17-4-6-29(44)32-38-20-27(40-32)25-12-8-23(9-13-25)24-10-14-26(15-11-24)28-21-39-33(41-28)30-7-5-18-45(30)36(47)48/h8-15,20-22,29-31H,4-7,16-19H2,1-3H3,(H,37,42)(H,38,40)(H,39,41)(H,47,48). The number of likely N-dealkylation sites (N-methyl/N-ethyl adjacent to an activating group) is 1. The van der Waals surface area contributed by atoms with Crippen molar-refractivity contribution in [2.45, 2.75) is 57.7 Å². The molecule has 3 aliphatic heterocycles. The fourth-order valence-corrected chi connectivity index (χ4v) is 7.10. The Kier molecular flexibility index (Phi) is 8.63. The number of aromatic nitrogens is 4. The number of amides is 2. The zero-order valence-corrected chi connectivity index (χ0v) is 27.7. The lowest BCUT2D eigenvalue weighted by Crippen LogP contribution is -2.53. The Morgan fingerprint density at radius 1 is 0.792 bits per heavy atom. The van der Waals surface area contributed by atoms with Gasteiger partial charge in [0.25, 0.3) is 0 Å². The van der Waals surface area contributed by atoms with E-state index in [0.29, 0.717) is 18.9 Å². The average Bonchev–Trinajstić information content (AvgIpc) is 3.93. The van der Waals surface area contributed by atoms with Crippen LogP contribution in [0.1, 0.15) is 63.3 Å². The van der Waals surface area contributed by atoms with Crippen molar-refractivity contribution < 1.29 is 14.7 Å². The van der Waals surface area contributed by atoms with Gasteiger partial charge in [-0.1, -0.05) is 62.4 Å². The van der Waals surface area contributed by atoms with E-state index in [1.807, 2.05) is 18.1 Å². The molecular formula is C36H43N9O3. The summed E-state index contributed by atoms with van der Waals surface area (Å²) in [5.74, 6) is 2.51. The maximum absolute atomic E-state index is 13.8. The normalized spacial score (nSPS) is 20.1. The predicted octanol–water partition coefficient (Wildman–Crippen LogP) is 5.53. The van der Waals surface area contributed by atoms with Gasteiger partial charge in [-0.3, -0.25) is 14.7 Å². The van der Waals surface area contributed by atoms with Gasteiger partial charge in [0, 0.05) is 26.7 Å². The third-order valence-electron chi connectivity index (χ3n) is 9.86. The van der Waals surface area contributed by atoms with Crippen molar-refractivity contribution in [3.05, 3.63) is 72.6 Å². The summed E-state index contributed by atoms with van der Waals surface area (Å²) < 4.78 is 0. The molecule has 0 aliphatic carbocycles. The van der Waals surface area contributed by atoms with Crippen LogP contribution in [0.5, 0.6) is 0 Å². The number of carboxylic acid groups (broad SMARTS) is 1. The number of hydrogen-bond donors (Lipinski definition) is 4. The molecule has 0 spiro atoms. The van der Waals surface area contributed by atoms with E-state index in [4.69, 9.17) is 4.98 Å². The number of guanidine groups is 1. The first kappa shape index (κ1) is 31.5. The highest BCUT2D eigenvalue weighted by Gasteiger charge is 2.37. The van der Waals surface area contributed by atoms with E-state index >= 15 is 0 Å². The third kappa shape index (κ3) is 6.14. The zero-order chi connectivity index (χ0) is 33.4. The summed E-state index contributed by atoms with van der Waals surface area (Å²) in [7, 11) is 2.00. The monoisotopic (exact) mass is 649 g/mol. The van der Waals surface area contributed by atoms with Crippen molar-refractivity contribution in [2.75, 3.05) is 33.2 Å². The van der Waals surface area contributed by atoms with Crippen LogP contribution in [-0.4, -0.2) is 97.0 Å². The second kappa shape index (κ2) is 13.2. The van der Waals surface area contributed by atoms with Gasteiger partial charge < -0.3 is 30.2 Å². The Hall–Kier alpha value is -5.13. The molecule has 2 saturated heterocycles. The molecule has 2 amide bonds. The SMILES string of the molecule is CC(C)C(NC1=NCCN1C)C(=O)N1CCCC1c1ncc(-c2ccc(-c3ccc(-c4cnc(C5CCCN5C(=O)O)[nH]4)cc3)cc2)[nH]1. The minimum Gasteiger partial charge on any atom is -0.465 e. The molecule has 2 fully saturated rings. The molecular weight excluding hydrogens is 606 g/mol. The van der Waals surface area contributed by atoms with Crippen molar-refractivity contribution in [1.82, 2.24) is 40.0 Å². The van der Waals surface area contributed by atoms with Gasteiger partial charge in [0.1, 0.15) is 17.7 Å². The first-order chi connectivity index (χ1) is 23.3. The van der Waals surface area contributed by atoms with Crippen LogP contribution in [0, 0.1) is 5.92 Å². The molecule has 0 bridgehead atoms. The summed E-state index contributed by atoms with van der Waals surface area (Å²) in [5, 5.41) is 12.9. The van der Waals surface area contributed by atoms with Crippen LogP contribution in [0.15, 0.2) is 65.9 Å². The first-order valence-corrected chi connectivity index (χ1v) is 16.9. The summed E-state index contributed by atoms with van der Waals surface area (Å²) in [5.41, 5.74) is 6.00. The number of aromatic amines is 2. The molecule has 3 atom stereocenters. The highest BCUT2D eigenvalue weighted by Crippen LogP contribution is 2.34. The summed E-state index contributed by atoms with van der Waals surface area (Å²) in [6.07, 6.45) is 6.17. The van der Waals surface area contributed by atoms with Crippen LogP contribution in [0.25, 0.3) is 33.6 Å². The van der Waals surface area contributed by atoms with Gasteiger partial charge in [0.2, 0.25) is 5.91 Å². The number of carbonyl (C=O) groups is 2. The molecule has 2 aromatic heterocycles. The minimum atomic E-state index is -0.904. The van der Waals surface area contributed by atoms with Gasteiger partial charge in [0.05, 0.1) is 42.4 Å². The Balaban J connectivity index is 1.01. The third-order valence-corrected chi connectivity index (χ3v) is 9.86. The van der Waals surface area contributed by atoms with Gasteiger partial charge in [0.15, 0.2) is 5.96 Å². The molecule has 3 unspecified atom stereocenters. The van der Waals surface area contributed by atoms with E-state index < -0.39 is 6.09 Å². The number of likely N-dealkylation sites (tertiary alicyclic amines) is 2. The van der Waals surface area contributed by atoms with Crippen LogP contribution >= 0.6 is 0 Å². The molecule has 12 nitrogen and oxygen atoms in total. The highest BCUT2D eigenvalue weighted by atomic mass is 16.4. The minimum absolute atomic E-state index is 0.0874. The fraction of sp³-hybridized carbons (Fsp3) is 0.417. The number of benzene rings is 2. The number of rotatable bonds is 8. The van der Waals surface area contributed by atoms with Crippen molar-refractivity contribution in [2.24, 2.45) is 10.9 Å². The number of nitrogens with zero attached hydrogens (tertiary/aromatic N) is 6. The highest BCUT2D eigenvalue weighted by molar-refractivity contribution is 5.90. The molecule has 12 heteroatoms. The summed E-state index contributed by atoms with van der Waals surface area (Å²) in [6, 6.07) is 16.0. The Morgan fingerprint density at radius 3 is 1.77 bits per heavy atom. The lowest BCUT2D eigenvalue weighted by Gasteiger charge is -2.31. The summed E-state index contributed by atoms with van der Waals surface area (Å²) >= 11 is 0. The van der Waals surface area contributed by atoms with Crippen molar-refractivity contribution in [3.63, 3.8) is 0 Å². The molecule has 3 aliphatic rings. The molecule has 250 valence electrons. The van der Waals surface area contributed by atoms with E-state index in [0.717, 1.165) is 84.2 Å². The van der Waals surface area contributed by atoms with Crippen LogP contribution in [0.4, 0.5) is 4.79 Å². The second-order valence-electron chi connectivity index (χ2n) is 13.3. The topological polar surface area (TPSA) is 146 Å². The fourth-order valence-electron chi connectivity index (χ4n) is 7.10. The van der Waals surface area contributed by atoms with Crippen molar-refractivity contribution >= 4 is 18.0 Å². The maximum Gasteiger partial charge on any atom is 0.407 e. The first-order valence-electron chi connectivity index (χ1n) is 16.9. The van der Waals surface area contributed by atoms with E-state index in [9.17, 15) is 14.7 Å². The van der Waals surface area contributed by atoms with E-state index in [1.165, 1.54) is 4.90 Å². The lowest BCUT2D eigenvalue weighted by atomic mass is 10.0. The Bertz CT molecular complexity index is 1790. The van der Waals surface area contributed by atoms with Gasteiger partial charge >= 0.3 is 6.09 Å². The van der Waals surface area contributed by atoms with E-state index in [1.54, 1.807) is 6.20 Å². The molecule has 4 aromatic rings. The molecule has 7 rings (SSSR count). The zero-order valence-electron chi connectivity index (χ0n) is 27.7. The molecule has 0 radical (unpaired) electrons. The van der Waals surface area contributed by atoms with Crippen LogP contribution in [0.3, 0.4) is 0 Å². The molecule has 0 saturated carbocycles. The summed E-state index contributed by atoms with van der Waals surface area (Å²) in [4.78, 5) is 51.6. The van der Waals surface area contributed by atoms with Crippen LogP contribution < -0.4 is 5.32 Å². The Labute approximate surface area is 280 Å². The molecule has 5 heterocycles. The van der Waals surface area contributed by atoms with Gasteiger partial charge in [-0.2, -0.15) is 0 Å². The van der Waals surface area contributed by atoms with Gasteiger partial charge in [-0.25, -0.2) is 14.8 Å². The smallest absolute Gasteiger partial charge is 0.407 e. The number of nitrogens with one attached hydrogen (secondary N) is 3.